The molecule has 0 saturated heterocycles. The third kappa shape index (κ3) is 2.68. The van der Waals surface area contributed by atoms with Crippen LogP contribution in [0.2, 0.25) is 0 Å². The number of aromatic nitrogens is 1. The fraction of sp³-hybridized carbons (Fsp3) is 0.118. The number of hydrogen-bond donors (Lipinski definition) is 1. The fourth-order valence-electron chi connectivity index (χ4n) is 2.47. The molecule has 0 fully saturated rings. The van der Waals surface area contributed by atoms with Crippen molar-refractivity contribution in [2.24, 2.45) is 0 Å². The average Bonchev–Trinajstić information content (AvgIpc) is 2.90. The molecule has 0 saturated carbocycles. The Morgan fingerprint density at radius 1 is 1.04 bits per heavy atom. The number of hydrogen-bond acceptors (Lipinski definition) is 3. The quantitative estimate of drug-likeness (QED) is 0.559. The molecule has 0 aliphatic carbocycles. The summed E-state index contributed by atoms with van der Waals surface area (Å²) in [6.45, 7) is 0. The summed E-state index contributed by atoms with van der Waals surface area (Å²) in [5.74, 6) is -0.690. The molecule has 24 heavy (non-hydrogen) atoms. The Hall–Kier alpha value is -2.96. The van der Waals surface area contributed by atoms with Crippen molar-refractivity contribution in [1.29, 1.82) is 0 Å². The van der Waals surface area contributed by atoms with Gasteiger partial charge in [0.1, 0.15) is 0 Å². The molecule has 124 valence electrons. The van der Waals surface area contributed by atoms with Crippen LogP contribution in [-0.2, 0) is 10.9 Å². The standard InChI is InChI=1S/C17H12F3NO3/c1-24-16(22)15-9-12-3-2-11(8-14(12)21(15)23)10-4-6-13(7-5-10)17(18,19)20/h2-9,23H,1H3. The van der Waals surface area contributed by atoms with Gasteiger partial charge in [-0.05, 0) is 35.4 Å². The van der Waals surface area contributed by atoms with Crippen molar-refractivity contribution in [2.45, 2.75) is 6.18 Å². The van der Waals surface area contributed by atoms with Gasteiger partial charge < -0.3 is 9.94 Å². The van der Waals surface area contributed by atoms with Crippen molar-refractivity contribution in [2.75, 3.05) is 7.11 Å². The summed E-state index contributed by atoms with van der Waals surface area (Å²) in [5, 5.41) is 10.7. The highest BCUT2D eigenvalue weighted by Gasteiger charge is 2.30. The van der Waals surface area contributed by atoms with Gasteiger partial charge in [-0.1, -0.05) is 24.3 Å². The molecule has 0 atom stereocenters. The molecule has 0 aliphatic rings. The van der Waals surface area contributed by atoms with Crippen LogP contribution in [0.5, 0.6) is 0 Å². The molecular formula is C17H12F3NO3. The molecule has 1 aromatic heterocycles. The molecule has 7 heteroatoms. The maximum absolute atomic E-state index is 12.6. The molecule has 0 bridgehead atoms. The number of halogens is 3. The normalized spacial score (nSPS) is 11.7. The van der Waals surface area contributed by atoms with E-state index in [1.165, 1.54) is 25.3 Å². The van der Waals surface area contributed by atoms with Gasteiger partial charge in [0.05, 0.1) is 18.2 Å². The second-order valence-electron chi connectivity index (χ2n) is 5.18. The predicted octanol–water partition coefficient (Wildman–Crippen LogP) is 4.35. The van der Waals surface area contributed by atoms with Gasteiger partial charge in [-0.25, -0.2) is 4.79 Å². The number of ether oxygens (including phenoxy) is 1. The largest absolute Gasteiger partial charge is 0.464 e. The molecule has 2 aromatic carbocycles. The Morgan fingerprint density at radius 3 is 2.25 bits per heavy atom. The van der Waals surface area contributed by atoms with Gasteiger partial charge in [0.2, 0.25) is 0 Å². The first-order valence-corrected chi connectivity index (χ1v) is 6.92. The third-order valence-electron chi connectivity index (χ3n) is 3.72. The molecule has 1 heterocycles. The van der Waals surface area contributed by atoms with E-state index < -0.39 is 17.7 Å². The van der Waals surface area contributed by atoms with Crippen LogP contribution in [-0.4, -0.2) is 23.0 Å². The summed E-state index contributed by atoms with van der Waals surface area (Å²) in [6, 6.07) is 11.1. The van der Waals surface area contributed by atoms with E-state index in [4.69, 9.17) is 0 Å². The van der Waals surface area contributed by atoms with Gasteiger partial charge in [0, 0.05) is 5.39 Å². The highest BCUT2D eigenvalue weighted by molar-refractivity contribution is 5.96. The van der Waals surface area contributed by atoms with E-state index in [2.05, 4.69) is 4.74 Å². The Kier molecular flexibility index (Phi) is 3.71. The predicted molar refractivity (Wildman–Crippen MR) is 80.9 cm³/mol. The second-order valence-corrected chi connectivity index (χ2v) is 5.18. The number of carbonyl (C=O) groups excluding carboxylic acids is 1. The van der Waals surface area contributed by atoms with Gasteiger partial charge in [-0.3, -0.25) is 0 Å². The fourth-order valence-corrected chi connectivity index (χ4v) is 2.47. The van der Waals surface area contributed by atoms with Gasteiger partial charge in [-0.2, -0.15) is 17.9 Å². The van der Waals surface area contributed by atoms with Gasteiger partial charge in [-0.15, -0.1) is 0 Å². The van der Waals surface area contributed by atoms with Gasteiger partial charge in [0.25, 0.3) is 0 Å². The molecule has 0 radical (unpaired) electrons. The lowest BCUT2D eigenvalue weighted by Crippen LogP contribution is -2.07. The number of fused-ring (bicyclic) bond motifs is 1. The van der Waals surface area contributed by atoms with Gasteiger partial charge >= 0.3 is 12.1 Å². The van der Waals surface area contributed by atoms with E-state index in [9.17, 15) is 23.2 Å². The van der Waals surface area contributed by atoms with Crippen LogP contribution in [0.3, 0.4) is 0 Å². The van der Waals surface area contributed by atoms with Crippen LogP contribution in [0.15, 0.2) is 48.5 Å². The first-order valence-electron chi connectivity index (χ1n) is 6.92. The summed E-state index contributed by atoms with van der Waals surface area (Å²) in [4.78, 5) is 11.6. The molecule has 0 spiro atoms. The molecule has 1 N–H and O–H groups in total. The van der Waals surface area contributed by atoms with Gasteiger partial charge in [0.15, 0.2) is 5.69 Å². The summed E-state index contributed by atoms with van der Waals surface area (Å²) >= 11 is 0. The summed E-state index contributed by atoms with van der Waals surface area (Å²) in [6.07, 6.45) is -4.39. The van der Waals surface area contributed by atoms with Crippen LogP contribution in [0.1, 0.15) is 16.1 Å². The van der Waals surface area contributed by atoms with E-state index in [0.29, 0.717) is 26.8 Å². The van der Waals surface area contributed by atoms with E-state index in [1.54, 1.807) is 18.2 Å². The lowest BCUT2D eigenvalue weighted by atomic mass is 10.0. The molecule has 4 nitrogen and oxygen atoms in total. The Bertz CT molecular complexity index is 911. The molecule has 3 aromatic rings. The maximum atomic E-state index is 12.6. The van der Waals surface area contributed by atoms with Crippen molar-refractivity contribution in [3.05, 3.63) is 59.8 Å². The van der Waals surface area contributed by atoms with E-state index in [1.807, 2.05) is 0 Å². The topological polar surface area (TPSA) is 51.5 Å². The molecule has 3 rings (SSSR count). The van der Waals surface area contributed by atoms with Crippen molar-refractivity contribution < 1.29 is 27.9 Å². The summed E-state index contributed by atoms with van der Waals surface area (Å²) in [7, 11) is 1.20. The zero-order valence-corrected chi connectivity index (χ0v) is 12.5. The average molecular weight is 335 g/mol. The molecule has 0 unspecified atom stereocenters. The number of esters is 1. The molecule has 0 amide bonds. The van der Waals surface area contributed by atoms with Crippen LogP contribution < -0.4 is 0 Å². The van der Waals surface area contributed by atoms with Crippen LogP contribution >= 0.6 is 0 Å². The summed E-state index contributed by atoms with van der Waals surface area (Å²) in [5.41, 5.74) is 0.766. The monoisotopic (exact) mass is 335 g/mol. The van der Waals surface area contributed by atoms with Crippen molar-refractivity contribution in [3.8, 4) is 11.1 Å². The van der Waals surface area contributed by atoms with Crippen LogP contribution in [0.25, 0.3) is 22.0 Å². The first-order chi connectivity index (χ1) is 11.3. The molecular weight excluding hydrogens is 323 g/mol. The zero-order valence-electron chi connectivity index (χ0n) is 12.5. The highest BCUT2D eigenvalue weighted by Crippen LogP contribution is 2.32. The Labute approximate surface area is 134 Å². The minimum atomic E-state index is -4.39. The first kappa shape index (κ1) is 15.9. The number of alkyl halides is 3. The van der Waals surface area contributed by atoms with E-state index in [-0.39, 0.29) is 5.69 Å². The summed E-state index contributed by atoms with van der Waals surface area (Å²) < 4.78 is 43.1. The minimum Gasteiger partial charge on any atom is -0.464 e. The van der Waals surface area contributed by atoms with Crippen LogP contribution in [0, 0.1) is 0 Å². The lowest BCUT2D eigenvalue weighted by molar-refractivity contribution is -0.137. The van der Waals surface area contributed by atoms with Crippen molar-refractivity contribution >= 4 is 16.9 Å². The Morgan fingerprint density at radius 2 is 1.67 bits per heavy atom. The minimum absolute atomic E-state index is 0.0305. The molecule has 0 aliphatic heterocycles. The second kappa shape index (κ2) is 5.59. The maximum Gasteiger partial charge on any atom is 0.416 e. The lowest BCUT2D eigenvalue weighted by Gasteiger charge is -2.08. The number of carbonyl (C=O) groups is 1. The highest BCUT2D eigenvalue weighted by atomic mass is 19.4. The smallest absolute Gasteiger partial charge is 0.416 e. The Balaban J connectivity index is 2.05. The van der Waals surface area contributed by atoms with E-state index in [0.717, 1.165) is 12.1 Å². The van der Waals surface area contributed by atoms with Crippen LogP contribution in [0.4, 0.5) is 13.2 Å². The number of methoxy groups -OCH3 is 1. The number of rotatable bonds is 2. The SMILES string of the molecule is COC(=O)c1cc2ccc(-c3ccc(C(F)(F)F)cc3)cc2n1O. The van der Waals surface area contributed by atoms with Crippen molar-refractivity contribution in [3.63, 3.8) is 0 Å². The third-order valence-corrected chi connectivity index (χ3v) is 3.72. The number of benzene rings is 2. The van der Waals surface area contributed by atoms with Crippen molar-refractivity contribution in [1.82, 2.24) is 4.73 Å². The van der Waals surface area contributed by atoms with E-state index >= 15 is 0 Å². The zero-order chi connectivity index (χ0) is 17.5. The number of nitrogens with zero attached hydrogens (tertiary/aromatic N) is 1.